The fraction of sp³-hybridized carbons (Fsp3) is 0.227. The number of halogens is 1. The minimum Gasteiger partial charge on any atom is -0.355 e. The van der Waals surface area contributed by atoms with Gasteiger partial charge >= 0.3 is 0 Å². The third kappa shape index (κ3) is 4.68. The average Bonchev–Trinajstić information content (AvgIpc) is 3.14. The number of aryl methyl sites for hydroxylation is 1. The molecule has 0 aliphatic carbocycles. The molecule has 0 fully saturated rings. The molecular weight excluding hydrogens is 371 g/mol. The van der Waals surface area contributed by atoms with Crippen molar-refractivity contribution >= 4 is 11.8 Å². The number of hydrogen-bond acceptors (Lipinski definition) is 3. The number of carbonyl (C=O) groups is 2. The Bertz CT molecular complexity index is 1010. The van der Waals surface area contributed by atoms with Crippen LogP contribution in [0.15, 0.2) is 54.7 Å². The zero-order valence-corrected chi connectivity index (χ0v) is 16.6. The summed E-state index contributed by atoms with van der Waals surface area (Å²) in [5.74, 6) is -1.02. The van der Waals surface area contributed by atoms with Gasteiger partial charge in [0, 0.05) is 18.3 Å². The second-order valence-electron chi connectivity index (χ2n) is 6.77. The van der Waals surface area contributed by atoms with E-state index in [9.17, 15) is 14.0 Å². The van der Waals surface area contributed by atoms with Gasteiger partial charge in [-0.1, -0.05) is 29.8 Å². The Kier molecular flexibility index (Phi) is 6.07. The van der Waals surface area contributed by atoms with Crippen molar-refractivity contribution in [3.8, 4) is 16.9 Å². The van der Waals surface area contributed by atoms with E-state index in [-0.39, 0.29) is 11.7 Å². The van der Waals surface area contributed by atoms with E-state index in [4.69, 9.17) is 0 Å². The van der Waals surface area contributed by atoms with Crippen molar-refractivity contribution in [2.45, 2.75) is 26.8 Å². The van der Waals surface area contributed by atoms with Gasteiger partial charge in [-0.05, 0) is 45.0 Å². The first-order chi connectivity index (χ1) is 13.9. The van der Waals surface area contributed by atoms with Gasteiger partial charge in [-0.3, -0.25) is 9.59 Å². The molecule has 1 heterocycles. The molecule has 3 rings (SSSR count). The summed E-state index contributed by atoms with van der Waals surface area (Å²) in [6.07, 6.45) is 1.59. The first-order valence-electron chi connectivity index (χ1n) is 9.40. The molecule has 6 nitrogen and oxygen atoms in total. The van der Waals surface area contributed by atoms with E-state index < -0.39 is 11.9 Å². The van der Waals surface area contributed by atoms with E-state index >= 15 is 0 Å². The summed E-state index contributed by atoms with van der Waals surface area (Å²) in [7, 11) is 0. The maximum atomic E-state index is 13.3. The molecule has 2 aromatic carbocycles. The highest BCUT2D eigenvalue weighted by molar-refractivity contribution is 6.02. The van der Waals surface area contributed by atoms with Gasteiger partial charge in [0.2, 0.25) is 5.91 Å². The van der Waals surface area contributed by atoms with Gasteiger partial charge in [0.05, 0.1) is 11.3 Å². The lowest BCUT2D eigenvalue weighted by atomic mass is 10.1. The Labute approximate surface area is 168 Å². The monoisotopic (exact) mass is 394 g/mol. The summed E-state index contributed by atoms with van der Waals surface area (Å²) in [6, 6.07) is 12.8. The Morgan fingerprint density at radius 1 is 1.10 bits per heavy atom. The fourth-order valence-corrected chi connectivity index (χ4v) is 2.86. The van der Waals surface area contributed by atoms with Crippen molar-refractivity contribution in [3.63, 3.8) is 0 Å². The number of amides is 2. The molecule has 0 spiro atoms. The summed E-state index contributed by atoms with van der Waals surface area (Å²) in [5, 5.41) is 9.95. The molecule has 150 valence electrons. The fourth-order valence-electron chi connectivity index (χ4n) is 2.86. The number of nitrogens with zero attached hydrogens (tertiary/aromatic N) is 2. The Hall–Kier alpha value is -3.48. The molecule has 0 aliphatic rings. The zero-order valence-electron chi connectivity index (χ0n) is 16.6. The van der Waals surface area contributed by atoms with Crippen molar-refractivity contribution in [2.24, 2.45) is 0 Å². The average molecular weight is 394 g/mol. The van der Waals surface area contributed by atoms with Crippen LogP contribution in [0, 0.1) is 12.7 Å². The van der Waals surface area contributed by atoms with Crippen molar-refractivity contribution in [1.82, 2.24) is 20.4 Å². The lowest BCUT2D eigenvalue weighted by Gasteiger charge is -2.13. The lowest BCUT2D eigenvalue weighted by molar-refractivity contribution is -0.122. The Morgan fingerprint density at radius 3 is 2.38 bits per heavy atom. The molecule has 0 saturated carbocycles. The molecule has 0 bridgehead atoms. The summed E-state index contributed by atoms with van der Waals surface area (Å²) >= 11 is 0. The number of aromatic nitrogens is 2. The van der Waals surface area contributed by atoms with E-state index in [1.807, 2.05) is 38.1 Å². The van der Waals surface area contributed by atoms with E-state index in [0.717, 1.165) is 11.1 Å². The van der Waals surface area contributed by atoms with Crippen LogP contribution in [0.3, 0.4) is 0 Å². The standard InChI is InChI=1S/C22H23FN4O2/c1-4-24-21(28)15(3)25-22(29)19-13-27(18-11-9-17(23)10-12-18)26-20(19)16-7-5-14(2)6-8-16/h5-13,15H,4H2,1-3H3,(H,24,28)(H,25,29)/t15-/m1/s1. The summed E-state index contributed by atoms with van der Waals surface area (Å²) < 4.78 is 14.8. The van der Waals surface area contributed by atoms with Crippen molar-refractivity contribution < 1.29 is 14.0 Å². The van der Waals surface area contributed by atoms with E-state index in [1.165, 1.54) is 16.8 Å². The number of carbonyl (C=O) groups excluding carboxylic acids is 2. The lowest BCUT2D eigenvalue weighted by Crippen LogP contribution is -2.44. The Balaban J connectivity index is 1.99. The van der Waals surface area contributed by atoms with Crippen LogP contribution in [0.25, 0.3) is 16.9 Å². The van der Waals surface area contributed by atoms with Gasteiger partial charge in [-0.25, -0.2) is 9.07 Å². The van der Waals surface area contributed by atoms with Gasteiger partial charge in [0.15, 0.2) is 0 Å². The topological polar surface area (TPSA) is 76.0 Å². The molecule has 2 amide bonds. The minimum absolute atomic E-state index is 0.260. The maximum absolute atomic E-state index is 13.3. The summed E-state index contributed by atoms with van der Waals surface area (Å²) in [5.41, 5.74) is 3.29. The number of benzene rings is 2. The summed E-state index contributed by atoms with van der Waals surface area (Å²) in [6.45, 7) is 5.90. The minimum atomic E-state index is -0.692. The molecule has 3 aromatic rings. The van der Waals surface area contributed by atoms with Gasteiger partial charge in [-0.15, -0.1) is 0 Å². The van der Waals surface area contributed by atoms with Gasteiger partial charge in [0.25, 0.3) is 5.91 Å². The third-order valence-corrected chi connectivity index (χ3v) is 4.47. The third-order valence-electron chi connectivity index (χ3n) is 4.47. The molecule has 7 heteroatoms. The predicted molar refractivity (Wildman–Crippen MR) is 109 cm³/mol. The molecule has 0 unspecified atom stereocenters. The van der Waals surface area contributed by atoms with Crippen LogP contribution in [-0.2, 0) is 4.79 Å². The first-order valence-corrected chi connectivity index (χ1v) is 9.40. The van der Waals surface area contributed by atoms with Gasteiger partial charge < -0.3 is 10.6 Å². The number of likely N-dealkylation sites (N-methyl/N-ethyl adjacent to an activating group) is 1. The summed E-state index contributed by atoms with van der Waals surface area (Å²) in [4.78, 5) is 24.9. The zero-order chi connectivity index (χ0) is 21.0. The quantitative estimate of drug-likeness (QED) is 0.674. The van der Waals surface area contributed by atoms with Crippen molar-refractivity contribution in [2.75, 3.05) is 6.54 Å². The van der Waals surface area contributed by atoms with Crippen LogP contribution in [-0.4, -0.2) is 34.2 Å². The SMILES string of the molecule is CCNC(=O)[C@@H](C)NC(=O)c1cn(-c2ccc(F)cc2)nc1-c1ccc(C)cc1. The second kappa shape index (κ2) is 8.68. The predicted octanol–water partition coefficient (Wildman–Crippen LogP) is 3.24. The molecule has 0 aliphatic heterocycles. The largest absolute Gasteiger partial charge is 0.355 e. The molecule has 1 aromatic heterocycles. The molecule has 2 N–H and O–H groups in total. The number of nitrogens with one attached hydrogen (secondary N) is 2. The smallest absolute Gasteiger partial charge is 0.255 e. The van der Waals surface area contributed by atoms with Crippen LogP contribution in [0.1, 0.15) is 29.8 Å². The first kappa shape index (κ1) is 20.3. The van der Waals surface area contributed by atoms with E-state index in [2.05, 4.69) is 15.7 Å². The second-order valence-corrected chi connectivity index (χ2v) is 6.77. The number of hydrogen-bond donors (Lipinski definition) is 2. The van der Waals surface area contributed by atoms with Gasteiger partial charge in [-0.2, -0.15) is 5.10 Å². The molecular formula is C22H23FN4O2. The van der Waals surface area contributed by atoms with Crippen LogP contribution < -0.4 is 10.6 Å². The number of rotatable bonds is 6. The molecule has 0 radical (unpaired) electrons. The Morgan fingerprint density at radius 2 is 1.76 bits per heavy atom. The van der Waals surface area contributed by atoms with Gasteiger partial charge in [0.1, 0.15) is 17.6 Å². The van der Waals surface area contributed by atoms with Crippen molar-refractivity contribution in [3.05, 3.63) is 71.7 Å². The van der Waals surface area contributed by atoms with E-state index in [0.29, 0.717) is 23.5 Å². The highest BCUT2D eigenvalue weighted by Gasteiger charge is 2.22. The van der Waals surface area contributed by atoms with Crippen molar-refractivity contribution in [1.29, 1.82) is 0 Å². The maximum Gasteiger partial charge on any atom is 0.255 e. The van der Waals surface area contributed by atoms with Crippen LogP contribution >= 0.6 is 0 Å². The van der Waals surface area contributed by atoms with Crippen LogP contribution in [0.2, 0.25) is 0 Å². The normalized spacial score (nSPS) is 11.7. The van der Waals surface area contributed by atoms with Crippen LogP contribution in [0.5, 0.6) is 0 Å². The van der Waals surface area contributed by atoms with Crippen LogP contribution in [0.4, 0.5) is 4.39 Å². The molecule has 0 saturated heterocycles. The highest BCUT2D eigenvalue weighted by atomic mass is 19.1. The highest BCUT2D eigenvalue weighted by Crippen LogP contribution is 2.24. The molecule has 29 heavy (non-hydrogen) atoms. The van der Waals surface area contributed by atoms with E-state index in [1.54, 1.807) is 25.3 Å². The molecule has 1 atom stereocenters.